The maximum Gasteiger partial charge on any atom is 0.362 e. The summed E-state index contributed by atoms with van der Waals surface area (Å²) in [5.74, 6) is -2.97. The van der Waals surface area contributed by atoms with Gasteiger partial charge in [-0.25, -0.2) is 9.29 Å². The summed E-state index contributed by atoms with van der Waals surface area (Å²) in [6.45, 7) is 0. The van der Waals surface area contributed by atoms with Crippen molar-refractivity contribution in [2.24, 2.45) is 10.9 Å². The highest BCUT2D eigenvalue weighted by Gasteiger charge is 2.53. The zero-order chi connectivity index (χ0) is 20.4. The van der Waals surface area contributed by atoms with Crippen LogP contribution < -0.4 is 16.8 Å². The van der Waals surface area contributed by atoms with Gasteiger partial charge >= 0.3 is 10.3 Å². The van der Waals surface area contributed by atoms with Gasteiger partial charge < -0.3 is 21.6 Å². The van der Waals surface area contributed by atoms with E-state index in [1.54, 1.807) is 0 Å². The van der Waals surface area contributed by atoms with Gasteiger partial charge in [0.25, 0.3) is 11.8 Å². The zero-order valence-electron chi connectivity index (χ0n) is 13.6. The minimum atomic E-state index is -4.91. The first kappa shape index (κ1) is 20.3. The van der Waals surface area contributed by atoms with Gasteiger partial charge in [-0.2, -0.15) is 8.42 Å². The SMILES string of the molecule is CO/N=C(\C(=O)N[C@@H]1C(=O)N(S(=O)(=O)O)[C@H]1/C=C/C(N)=O)c1csc(N)n1. The number of carbonyl (C=O) groups excluding carboxylic acids is 3. The van der Waals surface area contributed by atoms with E-state index in [1.165, 1.54) is 12.5 Å². The Kier molecular flexibility index (Phi) is 5.77. The summed E-state index contributed by atoms with van der Waals surface area (Å²) in [6.07, 6.45) is 1.75. The molecule has 146 valence electrons. The molecule has 2 rings (SSSR count). The van der Waals surface area contributed by atoms with Crippen LogP contribution in [0.3, 0.4) is 0 Å². The van der Waals surface area contributed by atoms with Crippen LogP contribution in [0.4, 0.5) is 5.13 Å². The van der Waals surface area contributed by atoms with E-state index in [0.29, 0.717) is 0 Å². The van der Waals surface area contributed by atoms with Crippen LogP contribution in [0.5, 0.6) is 0 Å². The van der Waals surface area contributed by atoms with Gasteiger partial charge in [-0.05, 0) is 0 Å². The summed E-state index contributed by atoms with van der Waals surface area (Å²) in [6, 6.07) is -2.78. The van der Waals surface area contributed by atoms with Gasteiger partial charge in [0.2, 0.25) is 5.91 Å². The van der Waals surface area contributed by atoms with Crippen molar-refractivity contribution >= 4 is 50.2 Å². The van der Waals surface area contributed by atoms with Crippen LogP contribution in [0.1, 0.15) is 5.69 Å². The second-order valence-corrected chi connectivity index (χ2v) is 7.19. The Bertz CT molecular complexity index is 938. The smallest absolute Gasteiger partial charge is 0.362 e. The molecule has 3 amide bonds. The van der Waals surface area contributed by atoms with Crippen molar-refractivity contribution in [1.82, 2.24) is 14.6 Å². The van der Waals surface area contributed by atoms with Crippen molar-refractivity contribution in [2.75, 3.05) is 12.8 Å². The molecule has 13 nitrogen and oxygen atoms in total. The van der Waals surface area contributed by atoms with E-state index >= 15 is 0 Å². The molecule has 27 heavy (non-hydrogen) atoms. The van der Waals surface area contributed by atoms with Gasteiger partial charge in [0.15, 0.2) is 10.8 Å². The molecule has 1 fully saturated rings. The van der Waals surface area contributed by atoms with Crippen LogP contribution in [0.2, 0.25) is 0 Å². The summed E-state index contributed by atoms with van der Waals surface area (Å²) >= 11 is 1.03. The van der Waals surface area contributed by atoms with Crippen LogP contribution in [-0.2, 0) is 29.5 Å². The van der Waals surface area contributed by atoms with Crippen LogP contribution >= 0.6 is 11.3 Å². The Labute approximate surface area is 156 Å². The second kappa shape index (κ2) is 7.68. The quantitative estimate of drug-likeness (QED) is 0.122. The fraction of sp³-hybridized carbons (Fsp3) is 0.250. The standard InChI is InChI=1S/C12H14N6O7S2/c1-25-17-8(5-4-26-12(14)15-5)10(20)16-9-6(2-3-7(13)19)18(11(9)21)27(22,23)24/h2-4,6,9H,1H3,(H2,13,19)(H2,14,15)(H,16,20)(H,22,23,24)/b3-2+,17-8-/t6-,9-/m0/s1. The molecule has 15 heteroatoms. The predicted octanol–water partition coefficient (Wildman–Crippen LogP) is -2.38. The lowest BCUT2D eigenvalue weighted by atomic mass is 9.97. The maximum absolute atomic E-state index is 12.4. The summed E-state index contributed by atoms with van der Waals surface area (Å²) < 4.78 is 31.8. The van der Waals surface area contributed by atoms with Crippen LogP contribution in [0.15, 0.2) is 22.7 Å². The van der Waals surface area contributed by atoms with Crippen LogP contribution in [-0.4, -0.2) is 64.9 Å². The molecule has 1 aliphatic heterocycles. The molecular weight excluding hydrogens is 404 g/mol. The van der Waals surface area contributed by atoms with Crippen molar-refractivity contribution in [3.8, 4) is 0 Å². The number of β-lactam (4-membered cyclic amide) rings is 1. The predicted molar refractivity (Wildman–Crippen MR) is 92.5 cm³/mol. The third-order valence-corrected chi connectivity index (χ3v) is 4.85. The molecule has 2 atom stereocenters. The van der Waals surface area contributed by atoms with Gasteiger partial charge in [0.05, 0.1) is 6.04 Å². The molecule has 0 unspecified atom stereocenters. The minimum Gasteiger partial charge on any atom is -0.398 e. The van der Waals surface area contributed by atoms with Crippen molar-refractivity contribution in [3.63, 3.8) is 0 Å². The molecule has 1 saturated heterocycles. The number of anilines is 1. The molecule has 0 aromatic carbocycles. The average molecular weight is 418 g/mol. The van der Waals surface area contributed by atoms with E-state index < -0.39 is 40.1 Å². The second-order valence-electron chi connectivity index (χ2n) is 5.01. The Morgan fingerprint density at radius 3 is 2.67 bits per heavy atom. The first-order chi connectivity index (χ1) is 12.6. The molecule has 6 N–H and O–H groups in total. The number of nitrogens with zero attached hydrogens (tertiary/aromatic N) is 3. The highest BCUT2D eigenvalue weighted by Crippen LogP contribution is 2.25. The first-order valence-corrected chi connectivity index (χ1v) is 9.25. The molecule has 0 spiro atoms. The normalized spacial score (nSPS) is 20.4. The largest absolute Gasteiger partial charge is 0.398 e. The van der Waals surface area contributed by atoms with E-state index in [4.69, 9.17) is 16.0 Å². The zero-order valence-corrected chi connectivity index (χ0v) is 15.2. The van der Waals surface area contributed by atoms with Crippen molar-refractivity contribution < 1.29 is 32.2 Å². The Morgan fingerprint density at radius 2 is 2.19 bits per heavy atom. The topological polar surface area (TPSA) is 207 Å². The van der Waals surface area contributed by atoms with Crippen LogP contribution in [0.25, 0.3) is 0 Å². The number of hydrogen-bond acceptors (Lipinski definition) is 10. The number of oxime groups is 1. The number of nitrogens with one attached hydrogen (secondary N) is 1. The van der Waals surface area contributed by atoms with Crippen LogP contribution in [0, 0.1) is 0 Å². The van der Waals surface area contributed by atoms with E-state index in [2.05, 4.69) is 20.3 Å². The summed E-state index contributed by atoms with van der Waals surface area (Å²) in [5, 5.41) is 7.33. The number of thiazole rings is 1. The van der Waals surface area contributed by atoms with Gasteiger partial charge in [0.1, 0.15) is 18.8 Å². The lowest BCUT2D eigenvalue weighted by Gasteiger charge is -2.42. The molecule has 0 aliphatic carbocycles. The van der Waals surface area contributed by atoms with E-state index in [1.807, 2.05) is 0 Å². The highest BCUT2D eigenvalue weighted by molar-refractivity contribution is 7.84. The van der Waals surface area contributed by atoms with Crippen molar-refractivity contribution in [1.29, 1.82) is 0 Å². The maximum atomic E-state index is 12.4. The molecule has 0 radical (unpaired) electrons. The lowest BCUT2D eigenvalue weighted by Crippen LogP contribution is -2.71. The number of carbonyl (C=O) groups is 3. The third-order valence-electron chi connectivity index (χ3n) is 3.25. The molecule has 0 saturated carbocycles. The minimum absolute atomic E-state index is 0.0690. The first-order valence-electron chi connectivity index (χ1n) is 6.98. The Hall–Kier alpha value is -3.04. The molecular formula is C12H14N6O7S2. The van der Waals surface area contributed by atoms with E-state index in [0.717, 1.165) is 23.5 Å². The summed E-state index contributed by atoms with van der Waals surface area (Å²) in [4.78, 5) is 43.8. The fourth-order valence-corrected chi connectivity index (χ4v) is 3.57. The molecule has 1 aromatic rings. The molecule has 1 aromatic heterocycles. The van der Waals surface area contributed by atoms with Crippen molar-refractivity contribution in [2.45, 2.75) is 12.1 Å². The Morgan fingerprint density at radius 1 is 1.52 bits per heavy atom. The average Bonchev–Trinajstić information content (AvgIpc) is 2.98. The molecule has 2 heterocycles. The number of primary amides is 1. The van der Waals surface area contributed by atoms with Gasteiger partial charge in [-0.3, -0.25) is 18.9 Å². The summed E-state index contributed by atoms with van der Waals surface area (Å²) in [5.41, 5.74) is 10.2. The van der Waals surface area contributed by atoms with Gasteiger partial charge in [0, 0.05) is 11.5 Å². The number of nitrogens with two attached hydrogens (primary N) is 2. The summed E-state index contributed by atoms with van der Waals surface area (Å²) in [7, 11) is -3.74. The number of nitrogen functional groups attached to an aromatic ring is 1. The number of aromatic nitrogens is 1. The molecule has 0 bridgehead atoms. The Balaban J connectivity index is 2.27. The monoisotopic (exact) mass is 418 g/mol. The number of rotatable bonds is 7. The third kappa shape index (κ3) is 4.39. The van der Waals surface area contributed by atoms with E-state index in [9.17, 15) is 22.8 Å². The lowest BCUT2D eigenvalue weighted by molar-refractivity contribution is -0.142. The van der Waals surface area contributed by atoms with Crippen molar-refractivity contribution in [3.05, 3.63) is 23.2 Å². The number of hydrogen-bond donors (Lipinski definition) is 4. The number of amides is 3. The highest BCUT2D eigenvalue weighted by atomic mass is 32.2. The van der Waals surface area contributed by atoms with E-state index in [-0.39, 0.29) is 20.8 Å². The molecule has 1 aliphatic rings. The van der Waals surface area contributed by atoms with Gasteiger partial charge in [-0.1, -0.05) is 11.2 Å². The fourth-order valence-electron chi connectivity index (χ4n) is 2.18. The van der Waals surface area contributed by atoms with Gasteiger partial charge in [-0.15, -0.1) is 11.3 Å².